The first-order valence-electron chi connectivity index (χ1n) is 7.20. The quantitative estimate of drug-likeness (QED) is 0.889. The fraction of sp³-hybridized carbons (Fsp3) is 0.600. The minimum atomic E-state index is -3.28. The van der Waals surface area contributed by atoms with Gasteiger partial charge in [-0.05, 0) is 30.5 Å². The van der Waals surface area contributed by atoms with Crippen LogP contribution in [0.3, 0.4) is 0 Å². The van der Waals surface area contributed by atoms with Gasteiger partial charge < -0.3 is 9.84 Å². The van der Waals surface area contributed by atoms with Gasteiger partial charge in [-0.2, -0.15) is 0 Å². The number of rotatable bonds is 4. The van der Waals surface area contributed by atoms with Crippen LogP contribution in [0.2, 0.25) is 10.0 Å². The third kappa shape index (κ3) is 4.83. The zero-order valence-corrected chi connectivity index (χ0v) is 14.7. The Morgan fingerprint density at radius 1 is 1.32 bits per heavy atom. The van der Waals surface area contributed by atoms with Crippen LogP contribution in [-0.4, -0.2) is 44.3 Å². The molecule has 1 fully saturated rings. The van der Waals surface area contributed by atoms with Crippen molar-refractivity contribution in [2.24, 2.45) is 0 Å². The third-order valence-corrected chi connectivity index (χ3v) is 5.53. The number of hydrogen-bond donors (Lipinski definition) is 1. The van der Waals surface area contributed by atoms with Gasteiger partial charge in [-0.3, -0.25) is 0 Å². The number of aliphatic hydroxyl groups is 1. The summed E-state index contributed by atoms with van der Waals surface area (Å²) >= 11 is 12.0. The minimum Gasteiger partial charge on any atom is -0.389 e. The van der Waals surface area contributed by atoms with E-state index < -0.39 is 22.0 Å². The SMILES string of the molecule is CS(=O)(=O)C[C@H](O)[C@H]1OCCCCC1c1ccc(Cl)c(Cl)c1. The summed E-state index contributed by atoms with van der Waals surface area (Å²) in [6.45, 7) is 0.517. The topological polar surface area (TPSA) is 63.6 Å². The van der Waals surface area contributed by atoms with Crippen LogP contribution in [-0.2, 0) is 14.6 Å². The van der Waals surface area contributed by atoms with Crippen LogP contribution in [0.5, 0.6) is 0 Å². The lowest BCUT2D eigenvalue weighted by atomic mass is 9.87. The van der Waals surface area contributed by atoms with E-state index in [1.165, 1.54) is 0 Å². The fourth-order valence-electron chi connectivity index (χ4n) is 2.85. The van der Waals surface area contributed by atoms with Gasteiger partial charge in [0.1, 0.15) is 9.84 Å². The van der Waals surface area contributed by atoms with Crippen molar-refractivity contribution in [1.82, 2.24) is 0 Å². The van der Waals surface area contributed by atoms with Crippen LogP contribution < -0.4 is 0 Å². The molecule has 0 saturated carbocycles. The van der Waals surface area contributed by atoms with Gasteiger partial charge in [-0.1, -0.05) is 35.7 Å². The maximum atomic E-state index is 11.5. The predicted molar refractivity (Wildman–Crippen MR) is 88.5 cm³/mol. The predicted octanol–water partition coefficient (Wildman–Crippen LogP) is 3.05. The molecule has 1 unspecified atom stereocenters. The Balaban J connectivity index is 2.29. The molecule has 3 atom stereocenters. The Kier molecular flexibility index (Phi) is 6.14. The van der Waals surface area contributed by atoms with E-state index in [1.54, 1.807) is 12.1 Å². The first-order valence-corrected chi connectivity index (χ1v) is 10.0. The summed E-state index contributed by atoms with van der Waals surface area (Å²) in [5.41, 5.74) is 0.911. The summed E-state index contributed by atoms with van der Waals surface area (Å²) in [6.07, 6.45) is 2.14. The van der Waals surface area contributed by atoms with Crippen molar-refractivity contribution in [2.45, 2.75) is 37.4 Å². The highest BCUT2D eigenvalue weighted by Crippen LogP contribution is 2.35. The lowest BCUT2D eigenvalue weighted by molar-refractivity contribution is -0.0349. The largest absolute Gasteiger partial charge is 0.389 e. The van der Waals surface area contributed by atoms with Gasteiger partial charge in [0, 0.05) is 18.8 Å². The highest BCUT2D eigenvalue weighted by atomic mass is 35.5. The standard InChI is InChI=1S/C15H20Cl2O4S/c1-22(19,20)9-14(18)15-11(4-2-3-7-21-15)10-5-6-12(16)13(17)8-10/h5-6,8,11,14-15,18H,2-4,7,9H2,1H3/t11?,14-,15-/m0/s1. The van der Waals surface area contributed by atoms with Crippen LogP contribution in [0, 0.1) is 0 Å². The van der Waals surface area contributed by atoms with Gasteiger partial charge in [0.15, 0.2) is 0 Å². The van der Waals surface area contributed by atoms with Crippen molar-refractivity contribution in [3.8, 4) is 0 Å². The number of sulfone groups is 1. The van der Waals surface area contributed by atoms with Crippen LogP contribution in [0.4, 0.5) is 0 Å². The second-order valence-electron chi connectivity index (χ2n) is 5.77. The molecule has 1 aromatic rings. The highest BCUT2D eigenvalue weighted by molar-refractivity contribution is 7.90. The van der Waals surface area contributed by atoms with Crippen LogP contribution in [0.1, 0.15) is 30.7 Å². The molecule has 0 aromatic heterocycles. The summed E-state index contributed by atoms with van der Waals surface area (Å²) in [5.74, 6) is -0.413. The van der Waals surface area contributed by atoms with E-state index in [2.05, 4.69) is 0 Å². The molecule has 0 bridgehead atoms. The zero-order valence-electron chi connectivity index (χ0n) is 12.3. The van der Waals surface area contributed by atoms with E-state index in [0.29, 0.717) is 16.7 Å². The van der Waals surface area contributed by atoms with E-state index in [9.17, 15) is 13.5 Å². The molecule has 1 aliphatic rings. The Morgan fingerprint density at radius 3 is 2.68 bits per heavy atom. The van der Waals surface area contributed by atoms with Crippen molar-refractivity contribution >= 4 is 33.0 Å². The summed E-state index contributed by atoms with van der Waals surface area (Å²) in [4.78, 5) is 0. The number of ether oxygens (including phenoxy) is 1. The van der Waals surface area contributed by atoms with Gasteiger partial charge in [-0.25, -0.2) is 8.42 Å². The van der Waals surface area contributed by atoms with Crippen LogP contribution in [0.15, 0.2) is 18.2 Å². The molecule has 0 spiro atoms. The van der Waals surface area contributed by atoms with Crippen molar-refractivity contribution in [3.63, 3.8) is 0 Å². The molecule has 0 aliphatic carbocycles. The maximum absolute atomic E-state index is 11.5. The Morgan fingerprint density at radius 2 is 2.05 bits per heavy atom. The number of aliphatic hydroxyl groups excluding tert-OH is 1. The molecule has 1 aromatic carbocycles. The van der Waals surface area contributed by atoms with Crippen molar-refractivity contribution in [1.29, 1.82) is 0 Å². The summed E-state index contributed by atoms with van der Waals surface area (Å²) in [7, 11) is -3.28. The summed E-state index contributed by atoms with van der Waals surface area (Å²) in [5, 5.41) is 11.2. The minimum absolute atomic E-state index is 0.103. The smallest absolute Gasteiger partial charge is 0.150 e. The molecular formula is C15H20Cl2O4S. The van der Waals surface area contributed by atoms with E-state index in [1.807, 2.05) is 6.07 Å². The Bertz CT molecular complexity index is 618. The molecule has 1 N–H and O–H groups in total. The van der Waals surface area contributed by atoms with Crippen LogP contribution >= 0.6 is 23.2 Å². The molecule has 0 radical (unpaired) electrons. The van der Waals surface area contributed by atoms with Gasteiger partial charge in [0.2, 0.25) is 0 Å². The van der Waals surface area contributed by atoms with Gasteiger partial charge in [-0.15, -0.1) is 0 Å². The molecule has 1 aliphatic heterocycles. The second kappa shape index (κ2) is 7.49. The second-order valence-corrected chi connectivity index (χ2v) is 8.77. The molecule has 1 saturated heterocycles. The first-order chi connectivity index (χ1) is 10.3. The van der Waals surface area contributed by atoms with E-state index in [-0.39, 0.29) is 11.7 Å². The number of halogens is 2. The van der Waals surface area contributed by atoms with Gasteiger partial charge in [0.25, 0.3) is 0 Å². The van der Waals surface area contributed by atoms with Gasteiger partial charge >= 0.3 is 0 Å². The number of benzene rings is 1. The normalized spacial score (nSPS) is 24.7. The van der Waals surface area contributed by atoms with Crippen LogP contribution in [0.25, 0.3) is 0 Å². The monoisotopic (exact) mass is 366 g/mol. The maximum Gasteiger partial charge on any atom is 0.150 e. The Hall–Kier alpha value is -0.330. The average Bonchev–Trinajstić information content (AvgIpc) is 2.65. The third-order valence-electron chi connectivity index (χ3n) is 3.84. The zero-order chi connectivity index (χ0) is 16.3. The molecular weight excluding hydrogens is 347 g/mol. The first kappa shape index (κ1) is 18.0. The lowest BCUT2D eigenvalue weighted by Gasteiger charge is -2.29. The van der Waals surface area contributed by atoms with Crippen molar-refractivity contribution in [3.05, 3.63) is 33.8 Å². The molecule has 22 heavy (non-hydrogen) atoms. The molecule has 0 amide bonds. The van der Waals surface area contributed by atoms with E-state index in [0.717, 1.165) is 31.1 Å². The molecule has 7 heteroatoms. The fourth-order valence-corrected chi connectivity index (χ4v) is 3.97. The highest BCUT2D eigenvalue weighted by Gasteiger charge is 2.33. The number of hydrogen-bond acceptors (Lipinski definition) is 4. The summed E-state index contributed by atoms with van der Waals surface area (Å²) < 4.78 is 28.7. The molecule has 4 nitrogen and oxygen atoms in total. The molecule has 1 heterocycles. The van der Waals surface area contributed by atoms with Crippen molar-refractivity contribution < 1.29 is 18.3 Å². The van der Waals surface area contributed by atoms with E-state index in [4.69, 9.17) is 27.9 Å². The van der Waals surface area contributed by atoms with E-state index >= 15 is 0 Å². The lowest BCUT2D eigenvalue weighted by Crippen LogP contribution is -2.38. The molecule has 124 valence electrons. The Labute approximate surface area is 141 Å². The van der Waals surface area contributed by atoms with Gasteiger partial charge in [0.05, 0.1) is 28.0 Å². The van der Waals surface area contributed by atoms with Crippen molar-refractivity contribution in [2.75, 3.05) is 18.6 Å². The average molecular weight is 367 g/mol. The summed E-state index contributed by atoms with van der Waals surface area (Å²) in [6, 6.07) is 5.33. The molecule has 2 rings (SSSR count).